The smallest absolute Gasteiger partial charge is 0.222 e. The molecule has 2 amide bonds. The molecule has 6 heteroatoms. The van der Waals surface area contributed by atoms with Crippen LogP contribution in [0.15, 0.2) is 71.3 Å². The fraction of sp³-hybridized carbons (Fsp3) is 0.370. The number of rotatable bonds is 9. The van der Waals surface area contributed by atoms with E-state index in [9.17, 15) is 9.59 Å². The first-order chi connectivity index (χ1) is 16.2. The molecular formula is C27H31N3O3. The summed E-state index contributed by atoms with van der Waals surface area (Å²) < 4.78 is 5.82. The summed E-state index contributed by atoms with van der Waals surface area (Å²) in [5.41, 5.74) is 2.18. The third-order valence-corrected chi connectivity index (χ3v) is 6.09. The van der Waals surface area contributed by atoms with Gasteiger partial charge in [0, 0.05) is 44.0 Å². The maximum atomic E-state index is 12.6. The summed E-state index contributed by atoms with van der Waals surface area (Å²) in [4.78, 5) is 31.1. The molecule has 1 aliphatic heterocycles. The predicted molar refractivity (Wildman–Crippen MR) is 127 cm³/mol. The van der Waals surface area contributed by atoms with Gasteiger partial charge in [-0.1, -0.05) is 60.7 Å². The Bertz CT molecular complexity index is 1030. The normalized spacial score (nSPS) is 14.2. The van der Waals surface area contributed by atoms with Gasteiger partial charge in [-0.15, -0.1) is 0 Å². The Balaban J connectivity index is 1.13. The van der Waals surface area contributed by atoms with Crippen LogP contribution in [0, 0.1) is 0 Å². The molecule has 6 nitrogen and oxygen atoms in total. The highest BCUT2D eigenvalue weighted by molar-refractivity contribution is 5.77. The van der Waals surface area contributed by atoms with Crippen molar-refractivity contribution in [1.82, 2.24) is 15.2 Å². The van der Waals surface area contributed by atoms with E-state index in [0.717, 1.165) is 30.6 Å². The van der Waals surface area contributed by atoms with E-state index in [1.165, 1.54) is 5.56 Å². The van der Waals surface area contributed by atoms with Gasteiger partial charge < -0.3 is 14.6 Å². The minimum atomic E-state index is 0.0875. The van der Waals surface area contributed by atoms with Gasteiger partial charge in [-0.2, -0.15) is 0 Å². The van der Waals surface area contributed by atoms with Crippen molar-refractivity contribution in [2.75, 3.05) is 13.1 Å². The Labute approximate surface area is 195 Å². The number of hydrogen-bond acceptors (Lipinski definition) is 4. The second-order valence-electron chi connectivity index (χ2n) is 8.55. The zero-order chi connectivity index (χ0) is 22.9. The fourth-order valence-electron chi connectivity index (χ4n) is 4.19. The number of nitrogens with one attached hydrogen (secondary N) is 1. The van der Waals surface area contributed by atoms with Crippen molar-refractivity contribution in [3.8, 4) is 11.3 Å². The number of amides is 2. The first-order valence-electron chi connectivity index (χ1n) is 11.8. The number of aryl methyl sites for hydroxylation is 2. The Kier molecular flexibility index (Phi) is 7.90. The molecule has 0 radical (unpaired) electrons. The Hall–Kier alpha value is -3.41. The van der Waals surface area contributed by atoms with Crippen LogP contribution in [0.2, 0.25) is 0 Å². The minimum Gasteiger partial charge on any atom is -0.441 e. The SMILES string of the molecule is O=C(CCc1ccccc1)NC1CCN(C(=O)CCCc2ncc(-c3ccccc3)o2)CC1. The van der Waals surface area contributed by atoms with Crippen molar-refractivity contribution in [2.45, 2.75) is 51.0 Å². The van der Waals surface area contributed by atoms with Crippen LogP contribution in [0.5, 0.6) is 0 Å². The van der Waals surface area contributed by atoms with Gasteiger partial charge in [-0.3, -0.25) is 9.59 Å². The van der Waals surface area contributed by atoms with Crippen molar-refractivity contribution in [3.05, 3.63) is 78.3 Å². The highest BCUT2D eigenvalue weighted by Crippen LogP contribution is 2.21. The van der Waals surface area contributed by atoms with Gasteiger partial charge in [0.2, 0.25) is 11.8 Å². The molecule has 0 atom stereocenters. The topological polar surface area (TPSA) is 75.4 Å². The average Bonchev–Trinajstić information content (AvgIpc) is 3.33. The third kappa shape index (κ3) is 6.78. The highest BCUT2D eigenvalue weighted by atomic mass is 16.4. The lowest BCUT2D eigenvalue weighted by Gasteiger charge is -2.32. The molecule has 1 N–H and O–H groups in total. The van der Waals surface area contributed by atoms with E-state index in [4.69, 9.17) is 4.42 Å². The average molecular weight is 446 g/mol. The highest BCUT2D eigenvalue weighted by Gasteiger charge is 2.23. The molecular weight excluding hydrogens is 414 g/mol. The molecule has 0 bridgehead atoms. The summed E-state index contributed by atoms with van der Waals surface area (Å²) in [5.74, 6) is 1.67. The quantitative estimate of drug-likeness (QED) is 0.530. The summed E-state index contributed by atoms with van der Waals surface area (Å²) in [5, 5.41) is 3.13. The summed E-state index contributed by atoms with van der Waals surface area (Å²) in [6, 6.07) is 20.1. The van der Waals surface area contributed by atoms with Crippen LogP contribution in [0.3, 0.4) is 0 Å². The van der Waals surface area contributed by atoms with E-state index in [2.05, 4.69) is 10.3 Å². The van der Waals surface area contributed by atoms with E-state index in [-0.39, 0.29) is 17.9 Å². The number of piperidine rings is 1. The fourth-order valence-corrected chi connectivity index (χ4v) is 4.19. The molecule has 172 valence electrons. The minimum absolute atomic E-state index is 0.0875. The summed E-state index contributed by atoms with van der Waals surface area (Å²) >= 11 is 0. The van der Waals surface area contributed by atoms with Crippen LogP contribution in [0.25, 0.3) is 11.3 Å². The lowest BCUT2D eigenvalue weighted by molar-refractivity contribution is -0.132. The van der Waals surface area contributed by atoms with Crippen LogP contribution < -0.4 is 5.32 Å². The number of benzene rings is 2. The molecule has 1 fully saturated rings. The number of aromatic nitrogens is 1. The van der Waals surface area contributed by atoms with Gasteiger partial charge in [0.05, 0.1) is 6.20 Å². The lowest BCUT2D eigenvalue weighted by Crippen LogP contribution is -2.46. The Morgan fingerprint density at radius 3 is 2.36 bits per heavy atom. The van der Waals surface area contributed by atoms with Gasteiger partial charge in [0.1, 0.15) is 0 Å². The maximum Gasteiger partial charge on any atom is 0.222 e. The van der Waals surface area contributed by atoms with Crippen molar-refractivity contribution in [2.24, 2.45) is 0 Å². The van der Waals surface area contributed by atoms with Crippen LogP contribution in [-0.2, 0) is 22.4 Å². The molecule has 33 heavy (non-hydrogen) atoms. The first-order valence-corrected chi connectivity index (χ1v) is 11.8. The monoisotopic (exact) mass is 445 g/mol. The second kappa shape index (κ2) is 11.5. The van der Waals surface area contributed by atoms with Crippen molar-refractivity contribution >= 4 is 11.8 Å². The molecule has 4 rings (SSSR count). The van der Waals surface area contributed by atoms with E-state index in [1.807, 2.05) is 65.6 Å². The number of likely N-dealkylation sites (tertiary alicyclic amines) is 1. The third-order valence-electron chi connectivity index (χ3n) is 6.09. The van der Waals surface area contributed by atoms with E-state index in [0.29, 0.717) is 44.7 Å². The van der Waals surface area contributed by atoms with Crippen LogP contribution in [0.1, 0.15) is 43.6 Å². The molecule has 1 aliphatic rings. The number of nitrogens with zero attached hydrogens (tertiary/aromatic N) is 2. The van der Waals surface area contributed by atoms with E-state index in [1.54, 1.807) is 6.20 Å². The van der Waals surface area contributed by atoms with Gasteiger partial charge >= 0.3 is 0 Å². The number of oxazole rings is 1. The molecule has 2 heterocycles. The van der Waals surface area contributed by atoms with Crippen LogP contribution >= 0.6 is 0 Å². The molecule has 0 unspecified atom stereocenters. The van der Waals surface area contributed by atoms with Crippen molar-refractivity contribution in [1.29, 1.82) is 0 Å². The molecule has 0 aliphatic carbocycles. The zero-order valence-electron chi connectivity index (χ0n) is 18.9. The summed E-state index contributed by atoms with van der Waals surface area (Å²) in [6.45, 7) is 1.39. The first kappa shape index (κ1) is 22.8. The summed E-state index contributed by atoms with van der Waals surface area (Å²) in [7, 11) is 0. The van der Waals surface area contributed by atoms with Crippen molar-refractivity contribution < 1.29 is 14.0 Å². The van der Waals surface area contributed by atoms with Gasteiger partial charge in [0.15, 0.2) is 11.7 Å². The molecule has 3 aromatic rings. The molecule has 2 aromatic carbocycles. The molecule has 1 saturated heterocycles. The van der Waals surface area contributed by atoms with Gasteiger partial charge in [0.25, 0.3) is 0 Å². The lowest BCUT2D eigenvalue weighted by atomic mass is 10.0. The van der Waals surface area contributed by atoms with Gasteiger partial charge in [-0.05, 0) is 31.2 Å². The standard InChI is InChI=1S/C27H31N3O3/c31-25(15-14-21-8-3-1-4-9-21)29-23-16-18-30(19-17-23)27(32)13-7-12-26-28-20-24(33-26)22-10-5-2-6-11-22/h1-6,8-11,20,23H,7,12-19H2,(H,29,31). The molecule has 0 saturated carbocycles. The Morgan fingerprint density at radius 1 is 0.939 bits per heavy atom. The van der Waals surface area contributed by atoms with Crippen LogP contribution in [-0.4, -0.2) is 40.8 Å². The number of hydrogen-bond donors (Lipinski definition) is 1. The molecule has 1 aromatic heterocycles. The zero-order valence-corrected chi connectivity index (χ0v) is 18.9. The van der Waals surface area contributed by atoms with Crippen molar-refractivity contribution in [3.63, 3.8) is 0 Å². The largest absolute Gasteiger partial charge is 0.441 e. The Morgan fingerprint density at radius 2 is 1.64 bits per heavy atom. The second-order valence-corrected chi connectivity index (χ2v) is 8.55. The maximum absolute atomic E-state index is 12.6. The predicted octanol–water partition coefficient (Wildman–Crippen LogP) is 4.40. The molecule has 0 spiro atoms. The summed E-state index contributed by atoms with van der Waals surface area (Å²) in [6.07, 6.45) is 6.45. The van der Waals surface area contributed by atoms with E-state index >= 15 is 0 Å². The van der Waals surface area contributed by atoms with Gasteiger partial charge in [-0.25, -0.2) is 4.98 Å². The number of carbonyl (C=O) groups excluding carboxylic acids is 2. The van der Waals surface area contributed by atoms with Crippen LogP contribution in [0.4, 0.5) is 0 Å². The van der Waals surface area contributed by atoms with E-state index < -0.39 is 0 Å². The number of carbonyl (C=O) groups is 2.